The lowest BCUT2D eigenvalue weighted by atomic mass is 10.3. The van der Waals surface area contributed by atoms with Crippen molar-refractivity contribution in [3.05, 3.63) is 21.3 Å². The Labute approximate surface area is 82.1 Å². The summed E-state index contributed by atoms with van der Waals surface area (Å²) in [7, 11) is 0. The Morgan fingerprint density at radius 2 is 2.54 bits per heavy atom. The Morgan fingerprint density at radius 3 is 3.15 bits per heavy atom. The van der Waals surface area contributed by atoms with E-state index in [1.807, 2.05) is 0 Å². The maximum absolute atomic E-state index is 10.3. The van der Waals surface area contributed by atoms with Crippen LogP contribution in [0.15, 0.2) is 11.2 Å². The Hall–Kier alpha value is -0.710. The molecule has 4 nitrogen and oxygen atoms in total. The summed E-state index contributed by atoms with van der Waals surface area (Å²) in [5.74, 6) is 1.000. The first-order valence-electron chi connectivity index (χ1n) is 4.47. The van der Waals surface area contributed by atoms with Gasteiger partial charge in [0.15, 0.2) is 0 Å². The van der Waals surface area contributed by atoms with E-state index in [0.717, 1.165) is 42.9 Å². The minimum Gasteiger partial charge on any atom is -0.361 e. The molecule has 0 amide bonds. The van der Waals surface area contributed by atoms with Crippen molar-refractivity contribution in [2.24, 2.45) is 0 Å². The van der Waals surface area contributed by atoms with Gasteiger partial charge in [0.05, 0.1) is 4.92 Å². The number of hydrogen-bond donors (Lipinski definition) is 0. The predicted molar refractivity (Wildman–Crippen MR) is 54.0 cm³/mol. The third kappa shape index (κ3) is 3.26. The Morgan fingerprint density at radius 1 is 1.77 bits per heavy atom. The highest BCUT2D eigenvalue weighted by Crippen LogP contribution is 2.26. The molecule has 0 aromatic rings. The Kier molecular flexibility index (Phi) is 4.08. The number of nitro groups is 1. The molecule has 0 aromatic heterocycles. The van der Waals surface area contributed by atoms with E-state index < -0.39 is 0 Å². The van der Waals surface area contributed by atoms with Gasteiger partial charge in [-0.05, 0) is 12.8 Å². The van der Waals surface area contributed by atoms with Crippen LogP contribution in [0.5, 0.6) is 0 Å². The van der Waals surface area contributed by atoms with E-state index in [1.54, 1.807) is 11.8 Å². The van der Waals surface area contributed by atoms with Crippen molar-refractivity contribution in [1.29, 1.82) is 0 Å². The van der Waals surface area contributed by atoms with E-state index in [4.69, 9.17) is 0 Å². The minimum absolute atomic E-state index is 0.365. The van der Waals surface area contributed by atoms with Crippen molar-refractivity contribution in [2.75, 3.05) is 18.8 Å². The van der Waals surface area contributed by atoms with Crippen LogP contribution in [0.2, 0.25) is 0 Å². The van der Waals surface area contributed by atoms with Gasteiger partial charge < -0.3 is 4.90 Å². The zero-order valence-electron chi connectivity index (χ0n) is 7.73. The molecule has 13 heavy (non-hydrogen) atoms. The molecule has 0 bridgehead atoms. The van der Waals surface area contributed by atoms with Gasteiger partial charge in [-0.2, -0.15) is 0 Å². The molecule has 1 saturated heterocycles. The van der Waals surface area contributed by atoms with Gasteiger partial charge in [-0.15, -0.1) is 11.8 Å². The molecule has 0 N–H and O–H groups in total. The molecule has 1 fully saturated rings. The summed E-state index contributed by atoms with van der Waals surface area (Å²) in [6.45, 7) is 3.97. The summed E-state index contributed by atoms with van der Waals surface area (Å²) in [4.78, 5) is 12.0. The van der Waals surface area contributed by atoms with Gasteiger partial charge in [0, 0.05) is 18.8 Å². The third-order valence-corrected chi connectivity index (χ3v) is 3.00. The SMILES string of the molecule is CCCN1CCCSC1=C[N+](=O)[O-]. The van der Waals surface area contributed by atoms with Crippen LogP contribution in [0.4, 0.5) is 0 Å². The average molecular weight is 202 g/mol. The molecule has 0 unspecified atom stereocenters. The highest BCUT2D eigenvalue weighted by molar-refractivity contribution is 8.03. The summed E-state index contributed by atoms with van der Waals surface area (Å²) in [5, 5.41) is 11.1. The van der Waals surface area contributed by atoms with Crippen molar-refractivity contribution in [2.45, 2.75) is 19.8 Å². The second-order valence-electron chi connectivity index (χ2n) is 2.94. The van der Waals surface area contributed by atoms with Crippen LogP contribution in [-0.4, -0.2) is 28.7 Å². The first-order chi connectivity index (χ1) is 6.24. The highest BCUT2D eigenvalue weighted by atomic mass is 32.2. The zero-order valence-corrected chi connectivity index (χ0v) is 8.55. The molecule has 1 aliphatic heterocycles. The van der Waals surface area contributed by atoms with Gasteiger partial charge in [0.2, 0.25) is 0 Å². The van der Waals surface area contributed by atoms with Crippen LogP contribution in [0.1, 0.15) is 19.8 Å². The van der Waals surface area contributed by atoms with Crippen molar-refractivity contribution >= 4 is 11.8 Å². The first kappa shape index (κ1) is 10.4. The van der Waals surface area contributed by atoms with E-state index in [2.05, 4.69) is 11.8 Å². The van der Waals surface area contributed by atoms with Crippen molar-refractivity contribution in [3.8, 4) is 0 Å². The maximum Gasteiger partial charge on any atom is 0.264 e. The lowest BCUT2D eigenvalue weighted by molar-refractivity contribution is -0.403. The van der Waals surface area contributed by atoms with Crippen LogP contribution < -0.4 is 0 Å². The molecule has 0 radical (unpaired) electrons. The fourth-order valence-electron chi connectivity index (χ4n) is 1.33. The monoisotopic (exact) mass is 202 g/mol. The zero-order chi connectivity index (χ0) is 9.68. The smallest absolute Gasteiger partial charge is 0.264 e. The van der Waals surface area contributed by atoms with E-state index in [0.29, 0.717) is 0 Å². The quantitative estimate of drug-likeness (QED) is 0.518. The summed E-state index contributed by atoms with van der Waals surface area (Å²) in [6, 6.07) is 0. The van der Waals surface area contributed by atoms with Crippen LogP contribution in [0.25, 0.3) is 0 Å². The van der Waals surface area contributed by atoms with Gasteiger partial charge in [-0.25, -0.2) is 0 Å². The number of hydrogen-bond acceptors (Lipinski definition) is 4. The van der Waals surface area contributed by atoms with E-state index in [1.165, 1.54) is 0 Å². The second-order valence-corrected chi connectivity index (χ2v) is 4.06. The summed E-state index contributed by atoms with van der Waals surface area (Å²) < 4.78 is 0. The van der Waals surface area contributed by atoms with E-state index in [-0.39, 0.29) is 4.92 Å². The van der Waals surface area contributed by atoms with Crippen LogP contribution in [0.3, 0.4) is 0 Å². The topological polar surface area (TPSA) is 46.4 Å². The van der Waals surface area contributed by atoms with Gasteiger partial charge in [-0.3, -0.25) is 10.1 Å². The molecule has 0 aliphatic carbocycles. The van der Waals surface area contributed by atoms with Gasteiger partial charge >= 0.3 is 0 Å². The van der Waals surface area contributed by atoms with Crippen LogP contribution >= 0.6 is 11.8 Å². The fourth-order valence-corrected chi connectivity index (χ4v) is 2.34. The number of nitrogens with zero attached hydrogens (tertiary/aromatic N) is 2. The number of rotatable bonds is 3. The van der Waals surface area contributed by atoms with Gasteiger partial charge in [0.25, 0.3) is 6.20 Å². The maximum atomic E-state index is 10.3. The minimum atomic E-state index is -0.365. The van der Waals surface area contributed by atoms with Gasteiger partial charge in [-0.1, -0.05) is 6.92 Å². The summed E-state index contributed by atoms with van der Waals surface area (Å²) in [5.41, 5.74) is 0. The van der Waals surface area contributed by atoms with Gasteiger partial charge in [0.1, 0.15) is 5.03 Å². The lowest BCUT2D eigenvalue weighted by Crippen LogP contribution is -2.28. The molecule has 1 heterocycles. The molecular formula is C8H14N2O2S. The molecule has 5 heteroatoms. The van der Waals surface area contributed by atoms with Crippen molar-refractivity contribution < 1.29 is 4.92 Å². The first-order valence-corrected chi connectivity index (χ1v) is 5.45. The third-order valence-electron chi connectivity index (χ3n) is 1.84. The fraction of sp³-hybridized carbons (Fsp3) is 0.750. The molecule has 0 atom stereocenters. The Bertz CT molecular complexity index is 216. The van der Waals surface area contributed by atoms with Crippen LogP contribution in [0, 0.1) is 10.1 Å². The van der Waals surface area contributed by atoms with E-state index >= 15 is 0 Å². The van der Waals surface area contributed by atoms with Crippen molar-refractivity contribution in [3.63, 3.8) is 0 Å². The molecular weight excluding hydrogens is 188 g/mol. The second kappa shape index (κ2) is 5.11. The summed E-state index contributed by atoms with van der Waals surface area (Å²) in [6.07, 6.45) is 3.29. The Balaban J connectivity index is 2.61. The highest BCUT2D eigenvalue weighted by Gasteiger charge is 2.17. The molecule has 0 spiro atoms. The summed E-state index contributed by atoms with van der Waals surface area (Å²) >= 11 is 1.58. The largest absolute Gasteiger partial charge is 0.361 e. The molecule has 1 aliphatic rings. The van der Waals surface area contributed by atoms with E-state index in [9.17, 15) is 10.1 Å². The lowest BCUT2D eigenvalue weighted by Gasteiger charge is -2.28. The van der Waals surface area contributed by atoms with Crippen molar-refractivity contribution in [1.82, 2.24) is 4.90 Å². The predicted octanol–water partition coefficient (Wildman–Crippen LogP) is 1.91. The molecule has 74 valence electrons. The molecule has 0 saturated carbocycles. The number of thioether (sulfide) groups is 1. The normalized spacial score (nSPS) is 20.7. The standard InChI is InChI=1S/C8H14N2O2S/c1-2-4-9-5-3-6-13-8(9)7-10(11)12/h7H,2-6H2,1H3. The average Bonchev–Trinajstić information content (AvgIpc) is 2.08. The molecule has 1 rings (SSSR count). The molecule has 0 aromatic carbocycles. The van der Waals surface area contributed by atoms with Crippen LogP contribution in [-0.2, 0) is 0 Å².